The van der Waals surface area contributed by atoms with E-state index in [0.29, 0.717) is 54.4 Å². The van der Waals surface area contributed by atoms with E-state index in [4.69, 9.17) is 17.2 Å². The van der Waals surface area contributed by atoms with Crippen LogP contribution in [0.3, 0.4) is 0 Å². The molecule has 0 aliphatic heterocycles. The quantitative estimate of drug-likeness (QED) is 0.0732. The van der Waals surface area contributed by atoms with Crippen molar-refractivity contribution in [1.82, 2.24) is 48.9 Å². The van der Waals surface area contributed by atoms with Gasteiger partial charge in [-0.15, -0.1) is 0 Å². The van der Waals surface area contributed by atoms with E-state index in [1.807, 2.05) is 38.2 Å². The molecule has 0 fully saturated rings. The molecule has 2 unspecified atom stereocenters. The monoisotopic (exact) mass is 832 g/mol. The van der Waals surface area contributed by atoms with Crippen LogP contribution in [0, 0.1) is 10.1 Å². The highest BCUT2D eigenvalue weighted by molar-refractivity contribution is 7.89. The van der Waals surface area contributed by atoms with Crippen molar-refractivity contribution >= 4 is 43.1 Å². The molecule has 6 rings (SSSR count). The molecule has 0 radical (unpaired) electrons. The highest BCUT2D eigenvalue weighted by atomic mass is 32.2. The fourth-order valence-corrected chi connectivity index (χ4v) is 6.69. The van der Waals surface area contributed by atoms with E-state index in [1.54, 1.807) is 47.8 Å². The smallest absolute Gasteiger partial charge is 0.319 e. The van der Waals surface area contributed by atoms with Crippen molar-refractivity contribution in [2.75, 3.05) is 42.8 Å². The molecular formula is C36H44N14O6S2. The summed E-state index contributed by atoms with van der Waals surface area (Å²) in [5, 5.41) is 19.9. The minimum absolute atomic E-state index is 0.108. The number of aromatic nitrogens is 8. The molecule has 0 saturated carbocycles. The molecule has 0 aliphatic carbocycles. The third-order valence-corrected chi connectivity index (χ3v) is 10.4. The van der Waals surface area contributed by atoms with Gasteiger partial charge >= 0.3 is 5.69 Å². The van der Waals surface area contributed by atoms with Gasteiger partial charge in [-0.2, -0.15) is 10.2 Å². The van der Waals surface area contributed by atoms with Gasteiger partial charge in [0.1, 0.15) is 5.82 Å². The van der Waals surface area contributed by atoms with Gasteiger partial charge in [-0.05, 0) is 60.1 Å². The van der Waals surface area contributed by atoms with E-state index in [0.717, 1.165) is 34.8 Å². The summed E-state index contributed by atoms with van der Waals surface area (Å²) in [4.78, 5) is 27.4. The maximum Gasteiger partial charge on any atom is 0.319 e. The summed E-state index contributed by atoms with van der Waals surface area (Å²) in [5.41, 5.74) is 22.0. The zero-order valence-corrected chi connectivity index (χ0v) is 33.7. The lowest BCUT2D eigenvalue weighted by Gasteiger charge is -2.12. The fraction of sp³-hybridized carbons (Fsp3) is 0.278. The van der Waals surface area contributed by atoms with Crippen molar-refractivity contribution in [3.63, 3.8) is 0 Å². The SMILES string of the molecule is CC(CCNS(C)(=O)=O)c1ccc(-n2cc(-c3ccnc(N)c3N)cn2)nc1.CC(CCNS(C)(=O)=O)c1ccc(-n2cc(-c3ccnc(N)c3[N+](=O)[O-])cn2)nc1. The Morgan fingerprint density at radius 1 is 0.672 bits per heavy atom. The van der Waals surface area contributed by atoms with Gasteiger partial charge in [0, 0.05) is 67.0 Å². The number of hydrogen-bond acceptors (Lipinski definition) is 15. The van der Waals surface area contributed by atoms with Crippen LogP contribution in [0.4, 0.5) is 23.0 Å². The van der Waals surface area contributed by atoms with Crippen LogP contribution in [0.1, 0.15) is 49.7 Å². The normalized spacial score (nSPS) is 12.7. The molecule has 0 aliphatic rings. The Bertz CT molecular complexity index is 2580. The van der Waals surface area contributed by atoms with Gasteiger partial charge in [-0.1, -0.05) is 26.0 Å². The largest absolute Gasteiger partial charge is 0.395 e. The molecule has 0 spiro atoms. The van der Waals surface area contributed by atoms with Crippen LogP contribution < -0.4 is 26.6 Å². The summed E-state index contributed by atoms with van der Waals surface area (Å²) in [7, 11) is -6.38. The third kappa shape index (κ3) is 11.4. The first-order chi connectivity index (χ1) is 27.4. The second-order valence-corrected chi connectivity index (χ2v) is 17.1. The molecule has 2 atom stereocenters. The van der Waals surface area contributed by atoms with Crippen LogP contribution in [-0.4, -0.2) is 86.9 Å². The summed E-state index contributed by atoms with van der Waals surface area (Å²) in [6, 6.07) is 10.8. The van der Waals surface area contributed by atoms with Crippen LogP contribution in [0.5, 0.6) is 0 Å². The van der Waals surface area contributed by atoms with Crippen molar-refractivity contribution in [1.29, 1.82) is 0 Å². The summed E-state index contributed by atoms with van der Waals surface area (Å²) in [5.74, 6) is 1.60. The van der Waals surface area contributed by atoms with Crippen molar-refractivity contribution in [3.8, 4) is 33.9 Å². The minimum atomic E-state index is -3.21. The Kier molecular flexibility index (Phi) is 13.5. The molecule has 6 aromatic rings. The average Bonchev–Trinajstić information content (AvgIpc) is 3.86. The van der Waals surface area contributed by atoms with E-state index in [9.17, 15) is 26.9 Å². The molecule has 20 nitrogen and oxygen atoms in total. The van der Waals surface area contributed by atoms with E-state index < -0.39 is 25.0 Å². The number of nitro groups is 1. The molecule has 6 heterocycles. The van der Waals surface area contributed by atoms with Crippen LogP contribution in [0.2, 0.25) is 0 Å². The van der Waals surface area contributed by atoms with Gasteiger partial charge in [0.25, 0.3) is 0 Å². The number of nitrogens with one attached hydrogen (secondary N) is 2. The van der Waals surface area contributed by atoms with Crippen LogP contribution in [-0.2, 0) is 20.0 Å². The van der Waals surface area contributed by atoms with Crippen LogP contribution >= 0.6 is 0 Å². The number of anilines is 3. The summed E-state index contributed by atoms with van der Waals surface area (Å²) >= 11 is 0. The maximum absolute atomic E-state index is 11.3. The standard InChI is InChI=1S/C18H21N7O4S.C18H23N7O2S/c1-12(5-8-23-30(2,28)29)13-3-4-16(21-9-13)24-11-14(10-22-24)15-6-7-20-18(19)17(15)25(26)27;1-12(5-8-24-28(2,26)27)13-3-4-16(22-9-13)25-11-14(10-23-25)15-6-7-21-18(20)17(15)19/h3-4,6-7,9-12,23H,5,8H2,1-2H3,(H2,19,20);3-4,6-7,9-12,24H,5,8,19H2,1-2H3,(H2,20,21). The first kappa shape index (κ1) is 42.8. The van der Waals surface area contributed by atoms with E-state index in [1.165, 1.54) is 23.1 Å². The number of rotatable bonds is 15. The maximum atomic E-state index is 11.3. The van der Waals surface area contributed by atoms with E-state index >= 15 is 0 Å². The Labute approximate surface area is 335 Å². The lowest BCUT2D eigenvalue weighted by atomic mass is 10.00. The molecule has 8 N–H and O–H groups in total. The van der Waals surface area contributed by atoms with Crippen molar-refractivity contribution in [3.05, 3.63) is 107 Å². The van der Waals surface area contributed by atoms with Gasteiger partial charge in [-0.25, -0.2) is 55.6 Å². The van der Waals surface area contributed by atoms with Gasteiger partial charge in [-0.3, -0.25) is 10.1 Å². The van der Waals surface area contributed by atoms with Crippen LogP contribution in [0.15, 0.2) is 86.0 Å². The van der Waals surface area contributed by atoms with Gasteiger partial charge in [0.05, 0.1) is 41.1 Å². The highest BCUT2D eigenvalue weighted by Gasteiger charge is 2.22. The van der Waals surface area contributed by atoms with Crippen molar-refractivity contribution in [2.24, 2.45) is 0 Å². The Hall–Kier alpha value is -6.36. The first-order valence-electron chi connectivity index (χ1n) is 17.7. The summed E-state index contributed by atoms with van der Waals surface area (Å²) in [6.07, 6.45) is 16.7. The lowest BCUT2D eigenvalue weighted by Crippen LogP contribution is -2.24. The highest BCUT2D eigenvalue weighted by Crippen LogP contribution is 2.33. The lowest BCUT2D eigenvalue weighted by molar-refractivity contribution is -0.383. The van der Waals surface area contributed by atoms with Gasteiger partial charge < -0.3 is 17.2 Å². The Morgan fingerprint density at radius 3 is 1.55 bits per heavy atom. The molecule has 0 saturated heterocycles. The summed E-state index contributed by atoms with van der Waals surface area (Å²) < 4.78 is 52.7. The number of sulfonamides is 2. The number of nitrogens with two attached hydrogens (primary N) is 3. The second kappa shape index (κ2) is 18.3. The number of pyridine rings is 4. The Balaban J connectivity index is 0.000000221. The topological polar surface area (TPSA) is 301 Å². The third-order valence-electron chi connectivity index (χ3n) is 8.98. The van der Waals surface area contributed by atoms with Gasteiger partial charge in [0.2, 0.25) is 25.9 Å². The zero-order chi connectivity index (χ0) is 42.2. The average molecular weight is 833 g/mol. The number of nitrogens with zero attached hydrogens (tertiary/aromatic N) is 9. The molecule has 58 heavy (non-hydrogen) atoms. The molecule has 0 amide bonds. The molecular weight excluding hydrogens is 789 g/mol. The summed E-state index contributed by atoms with van der Waals surface area (Å²) in [6.45, 7) is 4.75. The number of hydrogen-bond donors (Lipinski definition) is 5. The predicted molar refractivity (Wildman–Crippen MR) is 221 cm³/mol. The second-order valence-electron chi connectivity index (χ2n) is 13.5. The molecule has 0 bridgehead atoms. The molecule has 306 valence electrons. The predicted octanol–water partition coefficient (Wildman–Crippen LogP) is 3.40. The first-order valence-corrected chi connectivity index (χ1v) is 21.5. The van der Waals surface area contributed by atoms with Crippen molar-refractivity contribution < 1.29 is 21.8 Å². The van der Waals surface area contributed by atoms with E-state index in [-0.39, 0.29) is 29.2 Å². The minimum Gasteiger partial charge on any atom is -0.395 e. The van der Waals surface area contributed by atoms with E-state index in [2.05, 4.69) is 39.6 Å². The van der Waals surface area contributed by atoms with Gasteiger partial charge in [0.15, 0.2) is 11.6 Å². The molecule has 22 heteroatoms. The molecule has 6 aromatic heterocycles. The fourth-order valence-electron chi connectivity index (χ4n) is 5.71. The Morgan fingerprint density at radius 2 is 1.12 bits per heavy atom. The number of nitrogen functional groups attached to an aromatic ring is 3. The van der Waals surface area contributed by atoms with Crippen LogP contribution in [0.25, 0.3) is 33.9 Å². The van der Waals surface area contributed by atoms with Crippen molar-refractivity contribution in [2.45, 2.75) is 38.5 Å². The molecule has 0 aromatic carbocycles. The zero-order valence-electron chi connectivity index (χ0n) is 32.1.